The summed E-state index contributed by atoms with van der Waals surface area (Å²) in [4.78, 5) is -0.399. The highest BCUT2D eigenvalue weighted by atomic mass is 32.2. The molecule has 1 aliphatic rings. The average Bonchev–Trinajstić information content (AvgIpc) is 2.62. The van der Waals surface area contributed by atoms with Gasteiger partial charge in [0.1, 0.15) is 10.6 Å². The third-order valence-electron chi connectivity index (χ3n) is 5.48. The first-order valence-corrected chi connectivity index (χ1v) is 11.4. The lowest BCUT2D eigenvalue weighted by Gasteiger charge is -2.26. The van der Waals surface area contributed by atoms with Crippen molar-refractivity contribution in [2.45, 2.75) is 50.8 Å². The van der Waals surface area contributed by atoms with E-state index in [2.05, 4.69) is 11.7 Å². The maximum absolute atomic E-state index is 13.0. The van der Waals surface area contributed by atoms with Crippen LogP contribution in [0.5, 0.6) is 5.75 Å². The molecule has 29 heavy (non-hydrogen) atoms. The van der Waals surface area contributed by atoms with Gasteiger partial charge in [-0.1, -0.05) is 55.7 Å². The van der Waals surface area contributed by atoms with Gasteiger partial charge in [0.05, 0.1) is 5.75 Å². The number of ether oxygens (including phenoxy) is 1. The molecule has 1 fully saturated rings. The molecule has 0 heterocycles. The Balaban J connectivity index is 1.94. The SMILES string of the molecule is Cc1ccc(-c2ccc(S(=O)(=O)CC3CCC(C)CC3)c(OC(F)(F)F)c2)cc1. The van der Waals surface area contributed by atoms with Crippen molar-refractivity contribution in [3.63, 3.8) is 0 Å². The van der Waals surface area contributed by atoms with Crippen LogP contribution in [0.1, 0.15) is 38.2 Å². The van der Waals surface area contributed by atoms with Crippen LogP contribution < -0.4 is 4.74 Å². The van der Waals surface area contributed by atoms with Gasteiger partial charge in [0.25, 0.3) is 0 Å². The quantitative estimate of drug-likeness (QED) is 0.575. The largest absolute Gasteiger partial charge is 0.573 e. The second-order valence-electron chi connectivity index (χ2n) is 7.98. The highest BCUT2D eigenvalue weighted by Gasteiger charge is 2.35. The molecule has 3 nitrogen and oxygen atoms in total. The van der Waals surface area contributed by atoms with Gasteiger partial charge in [-0.2, -0.15) is 0 Å². The van der Waals surface area contributed by atoms with Crippen molar-refractivity contribution in [3.8, 4) is 16.9 Å². The van der Waals surface area contributed by atoms with Crippen LogP contribution in [-0.4, -0.2) is 20.5 Å². The zero-order valence-electron chi connectivity index (χ0n) is 16.5. The minimum atomic E-state index is -4.98. The molecule has 7 heteroatoms. The van der Waals surface area contributed by atoms with Crippen molar-refractivity contribution >= 4 is 9.84 Å². The summed E-state index contributed by atoms with van der Waals surface area (Å²) in [6, 6.07) is 11.2. The number of aryl methyl sites for hydroxylation is 1. The standard InChI is InChI=1S/C22H25F3O3S/c1-15-3-7-17(8-4-15)14-29(26,27)21-12-11-19(13-20(21)28-22(23,24)25)18-9-5-16(2)6-10-18/h5-6,9-13,15,17H,3-4,7-8,14H2,1-2H3. The van der Waals surface area contributed by atoms with Crippen LogP contribution in [0.2, 0.25) is 0 Å². The van der Waals surface area contributed by atoms with Gasteiger partial charge >= 0.3 is 6.36 Å². The van der Waals surface area contributed by atoms with Gasteiger partial charge in [-0.05, 0) is 54.9 Å². The highest BCUT2D eigenvalue weighted by molar-refractivity contribution is 7.91. The van der Waals surface area contributed by atoms with Crippen molar-refractivity contribution in [3.05, 3.63) is 48.0 Å². The van der Waals surface area contributed by atoms with Crippen LogP contribution >= 0.6 is 0 Å². The molecule has 0 aliphatic heterocycles. The molecule has 158 valence electrons. The fourth-order valence-corrected chi connectivity index (χ4v) is 5.61. The number of halogens is 3. The lowest BCUT2D eigenvalue weighted by Crippen LogP contribution is -2.23. The Bertz CT molecular complexity index is 942. The first-order chi connectivity index (χ1) is 13.5. The summed E-state index contributed by atoms with van der Waals surface area (Å²) in [7, 11) is -3.91. The molecule has 0 N–H and O–H groups in total. The summed E-state index contributed by atoms with van der Waals surface area (Å²) >= 11 is 0. The number of alkyl halides is 3. The lowest BCUT2D eigenvalue weighted by molar-refractivity contribution is -0.275. The summed E-state index contributed by atoms with van der Waals surface area (Å²) in [5, 5.41) is 0. The molecule has 2 aromatic rings. The minimum Gasteiger partial charge on any atom is -0.404 e. The van der Waals surface area contributed by atoms with Crippen molar-refractivity contribution < 1.29 is 26.3 Å². The lowest BCUT2D eigenvalue weighted by atomic mass is 9.84. The van der Waals surface area contributed by atoms with Gasteiger partial charge in [0.15, 0.2) is 9.84 Å². The molecule has 1 saturated carbocycles. The normalized spacial score (nSPS) is 20.4. The summed E-state index contributed by atoms with van der Waals surface area (Å²) < 4.78 is 68.9. The number of benzene rings is 2. The zero-order valence-corrected chi connectivity index (χ0v) is 17.3. The summed E-state index contributed by atoms with van der Waals surface area (Å²) in [5.74, 6) is -0.295. The molecule has 0 aromatic heterocycles. The summed E-state index contributed by atoms with van der Waals surface area (Å²) in [6.07, 6.45) is -1.54. The Morgan fingerprint density at radius 2 is 1.55 bits per heavy atom. The molecule has 0 amide bonds. The molecule has 0 radical (unpaired) electrons. The second-order valence-corrected chi connectivity index (χ2v) is 9.99. The minimum absolute atomic E-state index is 0.0355. The molecule has 1 aliphatic carbocycles. The number of hydrogen-bond acceptors (Lipinski definition) is 3. The van der Waals surface area contributed by atoms with Gasteiger partial charge in [-0.15, -0.1) is 13.2 Å². The van der Waals surface area contributed by atoms with E-state index >= 15 is 0 Å². The average molecular weight is 427 g/mol. The number of rotatable bonds is 5. The van der Waals surface area contributed by atoms with Crippen molar-refractivity contribution in [2.24, 2.45) is 11.8 Å². The van der Waals surface area contributed by atoms with E-state index in [1.165, 1.54) is 12.1 Å². The van der Waals surface area contributed by atoms with Gasteiger partial charge in [-0.25, -0.2) is 8.42 Å². The number of hydrogen-bond donors (Lipinski definition) is 0. The summed E-state index contributed by atoms with van der Waals surface area (Å²) in [5.41, 5.74) is 2.17. The molecule has 3 rings (SSSR count). The molecule has 2 aromatic carbocycles. The van der Waals surface area contributed by atoms with Crippen molar-refractivity contribution in [1.82, 2.24) is 0 Å². The number of sulfone groups is 1. The fraction of sp³-hybridized carbons (Fsp3) is 0.455. The van der Waals surface area contributed by atoms with Crippen LogP contribution in [-0.2, 0) is 9.84 Å². The molecular formula is C22H25F3O3S. The van der Waals surface area contributed by atoms with E-state index in [9.17, 15) is 21.6 Å². The Morgan fingerprint density at radius 3 is 2.14 bits per heavy atom. The Morgan fingerprint density at radius 1 is 0.966 bits per heavy atom. The van der Waals surface area contributed by atoms with Crippen molar-refractivity contribution in [2.75, 3.05) is 5.75 Å². The van der Waals surface area contributed by atoms with E-state index in [1.54, 1.807) is 12.1 Å². The van der Waals surface area contributed by atoms with E-state index in [1.807, 2.05) is 19.1 Å². The third-order valence-corrected chi connectivity index (χ3v) is 7.40. The van der Waals surface area contributed by atoms with E-state index in [0.29, 0.717) is 17.0 Å². The Hall–Kier alpha value is -2.02. The van der Waals surface area contributed by atoms with Gasteiger partial charge in [0.2, 0.25) is 0 Å². The maximum Gasteiger partial charge on any atom is 0.573 e. The molecule has 0 unspecified atom stereocenters. The van der Waals surface area contributed by atoms with Gasteiger partial charge in [-0.3, -0.25) is 0 Å². The Labute approximate surface area is 169 Å². The van der Waals surface area contributed by atoms with E-state index in [0.717, 1.165) is 37.3 Å². The van der Waals surface area contributed by atoms with Crippen LogP contribution in [0.25, 0.3) is 11.1 Å². The summed E-state index contributed by atoms with van der Waals surface area (Å²) in [6.45, 7) is 4.04. The van der Waals surface area contributed by atoms with Crippen molar-refractivity contribution in [1.29, 1.82) is 0 Å². The maximum atomic E-state index is 13.0. The predicted molar refractivity (Wildman–Crippen MR) is 106 cm³/mol. The first kappa shape index (κ1) is 21.7. The van der Waals surface area contributed by atoms with E-state index in [-0.39, 0.29) is 11.7 Å². The van der Waals surface area contributed by atoms with Crippen LogP contribution in [0.15, 0.2) is 47.4 Å². The highest BCUT2D eigenvalue weighted by Crippen LogP contribution is 2.37. The van der Waals surface area contributed by atoms with E-state index in [4.69, 9.17) is 0 Å². The molecule has 0 saturated heterocycles. The second kappa shape index (κ2) is 8.38. The molecule has 0 bridgehead atoms. The monoisotopic (exact) mass is 426 g/mol. The van der Waals surface area contributed by atoms with Crippen LogP contribution in [0.4, 0.5) is 13.2 Å². The Kier molecular flexibility index (Phi) is 6.27. The van der Waals surface area contributed by atoms with Gasteiger partial charge < -0.3 is 4.74 Å². The third kappa shape index (κ3) is 5.75. The first-order valence-electron chi connectivity index (χ1n) is 9.73. The molecular weight excluding hydrogens is 401 g/mol. The molecule has 0 atom stereocenters. The fourth-order valence-electron chi connectivity index (χ4n) is 3.79. The van der Waals surface area contributed by atoms with Crippen LogP contribution in [0, 0.1) is 18.8 Å². The smallest absolute Gasteiger partial charge is 0.404 e. The van der Waals surface area contributed by atoms with Gasteiger partial charge in [0, 0.05) is 0 Å². The topological polar surface area (TPSA) is 43.4 Å². The zero-order chi connectivity index (χ0) is 21.2. The predicted octanol–water partition coefficient (Wildman–Crippen LogP) is 6.16. The van der Waals surface area contributed by atoms with Crippen LogP contribution in [0.3, 0.4) is 0 Å². The molecule has 0 spiro atoms. The van der Waals surface area contributed by atoms with E-state index < -0.39 is 26.8 Å².